The third-order valence-electron chi connectivity index (χ3n) is 5.39. The average molecular weight is 369 g/mol. The molecule has 0 radical (unpaired) electrons. The van der Waals surface area contributed by atoms with Crippen LogP contribution in [0.15, 0.2) is 42.5 Å². The molecule has 148 valence electrons. The molecular weight excluding hydrogens is 332 g/mol. The number of aliphatic hydroxyl groups is 1. The molecule has 0 aromatic heterocycles. The predicted molar refractivity (Wildman–Crippen MR) is 117 cm³/mol. The molecule has 2 rings (SSSR count). The van der Waals surface area contributed by atoms with Crippen molar-refractivity contribution in [3.8, 4) is 0 Å². The summed E-state index contributed by atoms with van der Waals surface area (Å²) in [6.45, 7) is 4.40. The van der Waals surface area contributed by atoms with E-state index in [1.165, 1.54) is 30.4 Å². The lowest BCUT2D eigenvalue weighted by Gasteiger charge is -2.21. The Morgan fingerprint density at radius 2 is 1.37 bits per heavy atom. The highest BCUT2D eigenvalue weighted by molar-refractivity contribution is 5.52. The number of nitrogen functional groups attached to an aromatic ring is 2. The van der Waals surface area contributed by atoms with Gasteiger partial charge in [0.1, 0.15) is 0 Å². The lowest BCUT2D eigenvalue weighted by atomic mass is 9.85. The van der Waals surface area contributed by atoms with E-state index in [2.05, 4.69) is 38.1 Å². The molecule has 2 aromatic rings. The lowest BCUT2D eigenvalue weighted by Crippen LogP contribution is -2.07. The van der Waals surface area contributed by atoms with E-state index in [0.29, 0.717) is 11.6 Å². The Balaban J connectivity index is 2.28. The molecule has 0 fully saturated rings. The van der Waals surface area contributed by atoms with Crippen molar-refractivity contribution in [1.29, 1.82) is 0 Å². The predicted octanol–water partition coefficient (Wildman–Crippen LogP) is 6.18. The van der Waals surface area contributed by atoms with E-state index in [4.69, 9.17) is 11.5 Å². The number of rotatable bonds is 11. The maximum atomic E-state index is 10.7. The van der Waals surface area contributed by atoms with Crippen LogP contribution in [0.5, 0.6) is 0 Å². The molecule has 0 heterocycles. The van der Waals surface area contributed by atoms with Crippen molar-refractivity contribution < 1.29 is 5.11 Å². The Kier molecular flexibility index (Phi) is 8.66. The summed E-state index contributed by atoms with van der Waals surface area (Å²) in [5.41, 5.74) is 16.9. The Bertz CT molecular complexity index is 681. The van der Waals surface area contributed by atoms with Gasteiger partial charge >= 0.3 is 0 Å². The minimum Gasteiger partial charge on any atom is -0.399 e. The van der Waals surface area contributed by atoms with Gasteiger partial charge in [-0.05, 0) is 42.2 Å². The zero-order valence-electron chi connectivity index (χ0n) is 17.0. The summed E-state index contributed by atoms with van der Waals surface area (Å²) in [4.78, 5) is 0. The van der Waals surface area contributed by atoms with Crippen molar-refractivity contribution in [2.75, 3.05) is 11.5 Å². The molecule has 0 bridgehead atoms. The summed E-state index contributed by atoms with van der Waals surface area (Å²) < 4.78 is 0. The number of anilines is 2. The number of benzene rings is 2. The van der Waals surface area contributed by atoms with Gasteiger partial charge in [-0.2, -0.15) is 0 Å². The monoisotopic (exact) mass is 368 g/mol. The molecule has 0 aliphatic carbocycles. The van der Waals surface area contributed by atoms with Gasteiger partial charge in [-0.25, -0.2) is 0 Å². The molecule has 3 heteroatoms. The first-order chi connectivity index (χ1) is 13.1. The highest BCUT2D eigenvalue weighted by Gasteiger charge is 2.18. The van der Waals surface area contributed by atoms with Crippen molar-refractivity contribution >= 4 is 11.4 Å². The van der Waals surface area contributed by atoms with Gasteiger partial charge in [0.15, 0.2) is 0 Å². The molecule has 0 aliphatic rings. The van der Waals surface area contributed by atoms with Crippen LogP contribution in [0.4, 0.5) is 11.4 Å². The van der Waals surface area contributed by atoms with Crippen LogP contribution in [0.3, 0.4) is 0 Å². The number of hydrogen-bond acceptors (Lipinski definition) is 3. The number of aliphatic hydroxyl groups excluding tert-OH is 1. The van der Waals surface area contributed by atoms with Crippen LogP contribution in [-0.2, 0) is 0 Å². The van der Waals surface area contributed by atoms with Gasteiger partial charge in [0, 0.05) is 22.9 Å². The van der Waals surface area contributed by atoms with Gasteiger partial charge in [0.05, 0.1) is 6.10 Å². The summed E-state index contributed by atoms with van der Waals surface area (Å²) in [7, 11) is 0. The van der Waals surface area contributed by atoms with Crippen LogP contribution in [0, 0.1) is 0 Å². The van der Waals surface area contributed by atoms with Gasteiger partial charge < -0.3 is 16.6 Å². The molecule has 2 unspecified atom stereocenters. The molecule has 0 spiro atoms. The zero-order chi connectivity index (χ0) is 19.6. The fourth-order valence-corrected chi connectivity index (χ4v) is 3.69. The van der Waals surface area contributed by atoms with Gasteiger partial charge in [0.2, 0.25) is 0 Å². The van der Waals surface area contributed by atoms with E-state index >= 15 is 0 Å². The molecule has 2 atom stereocenters. The fourth-order valence-electron chi connectivity index (χ4n) is 3.69. The molecule has 27 heavy (non-hydrogen) atoms. The Morgan fingerprint density at radius 3 is 2.00 bits per heavy atom. The molecule has 5 N–H and O–H groups in total. The largest absolute Gasteiger partial charge is 0.399 e. The van der Waals surface area contributed by atoms with E-state index in [9.17, 15) is 5.11 Å². The minimum absolute atomic E-state index is 0.305. The standard InChI is InChI=1S/C24H36N2O/c1-3-5-7-9-21(18-11-14-20(25)15-12-18)19-13-16-23(26)22(17-19)24(27)10-8-6-4-2/h11-17,21,24,27H,3-10,25-26H2,1-2H3. The first-order valence-electron chi connectivity index (χ1n) is 10.5. The number of hydrogen-bond donors (Lipinski definition) is 3. The summed E-state index contributed by atoms with van der Waals surface area (Å²) in [6, 6.07) is 14.4. The molecular formula is C24H36N2O. The van der Waals surface area contributed by atoms with Crippen LogP contribution >= 0.6 is 0 Å². The van der Waals surface area contributed by atoms with Crippen molar-refractivity contribution in [3.05, 3.63) is 59.2 Å². The van der Waals surface area contributed by atoms with Crippen LogP contribution in [0.25, 0.3) is 0 Å². The van der Waals surface area contributed by atoms with Crippen molar-refractivity contribution in [1.82, 2.24) is 0 Å². The SMILES string of the molecule is CCCCCC(O)c1cc(C(CCCCC)c2ccc(N)cc2)ccc1N. The molecule has 0 amide bonds. The third kappa shape index (κ3) is 6.28. The second kappa shape index (κ2) is 11.0. The second-order valence-electron chi connectivity index (χ2n) is 7.61. The summed E-state index contributed by atoms with van der Waals surface area (Å²) in [5, 5.41) is 10.7. The van der Waals surface area contributed by atoms with Crippen LogP contribution < -0.4 is 11.5 Å². The minimum atomic E-state index is -0.487. The molecule has 2 aromatic carbocycles. The summed E-state index contributed by atoms with van der Waals surface area (Å²) in [6.07, 6.45) is 8.31. The smallest absolute Gasteiger partial charge is 0.0810 e. The van der Waals surface area contributed by atoms with Crippen molar-refractivity contribution in [2.45, 2.75) is 77.2 Å². The maximum absolute atomic E-state index is 10.7. The molecule has 0 aliphatic heterocycles. The fraction of sp³-hybridized carbons (Fsp3) is 0.500. The summed E-state index contributed by atoms with van der Waals surface area (Å²) in [5.74, 6) is 0.305. The van der Waals surface area contributed by atoms with E-state index < -0.39 is 6.10 Å². The molecule has 0 saturated heterocycles. The quantitative estimate of drug-likeness (QED) is 0.328. The van der Waals surface area contributed by atoms with Crippen LogP contribution in [0.1, 0.15) is 93.9 Å². The third-order valence-corrected chi connectivity index (χ3v) is 5.39. The van der Waals surface area contributed by atoms with Crippen molar-refractivity contribution in [3.63, 3.8) is 0 Å². The van der Waals surface area contributed by atoms with Gasteiger partial charge in [-0.15, -0.1) is 0 Å². The first kappa shape index (κ1) is 21.3. The number of nitrogens with two attached hydrogens (primary N) is 2. The van der Waals surface area contributed by atoms with E-state index in [0.717, 1.165) is 43.4 Å². The van der Waals surface area contributed by atoms with E-state index in [1.54, 1.807) is 0 Å². The average Bonchev–Trinajstić information content (AvgIpc) is 2.67. The zero-order valence-corrected chi connectivity index (χ0v) is 17.0. The Hall–Kier alpha value is -2.00. The highest BCUT2D eigenvalue weighted by atomic mass is 16.3. The maximum Gasteiger partial charge on any atom is 0.0810 e. The van der Waals surface area contributed by atoms with E-state index in [1.807, 2.05) is 18.2 Å². The highest BCUT2D eigenvalue weighted by Crippen LogP contribution is 2.34. The Morgan fingerprint density at radius 1 is 0.778 bits per heavy atom. The van der Waals surface area contributed by atoms with Gasteiger partial charge in [0.25, 0.3) is 0 Å². The molecule has 3 nitrogen and oxygen atoms in total. The van der Waals surface area contributed by atoms with Gasteiger partial charge in [-0.1, -0.05) is 76.6 Å². The van der Waals surface area contributed by atoms with Crippen LogP contribution in [-0.4, -0.2) is 5.11 Å². The second-order valence-corrected chi connectivity index (χ2v) is 7.61. The number of unbranched alkanes of at least 4 members (excludes halogenated alkanes) is 4. The Labute approximate surface area is 164 Å². The first-order valence-corrected chi connectivity index (χ1v) is 10.5. The summed E-state index contributed by atoms with van der Waals surface area (Å²) >= 11 is 0. The van der Waals surface area contributed by atoms with Crippen LogP contribution in [0.2, 0.25) is 0 Å². The van der Waals surface area contributed by atoms with Gasteiger partial charge in [-0.3, -0.25) is 0 Å². The van der Waals surface area contributed by atoms with Crippen molar-refractivity contribution in [2.24, 2.45) is 0 Å². The topological polar surface area (TPSA) is 72.3 Å². The van der Waals surface area contributed by atoms with E-state index in [-0.39, 0.29) is 0 Å². The normalized spacial score (nSPS) is 13.4. The lowest BCUT2D eigenvalue weighted by molar-refractivity contribution is 0.164. The molecule has 0 saturated carbocycles.